The number of pyridine rings is 1. The van der Waals surface area contributed by atoms with Crippen LogP contribution in [-0.4, -0.2) is 19.3 Å². The predicted molar refractivity (Wildman–Crippen MR) is 78.8 cm³/mol. The van der Waals surface area contributed by atoms with Gasteiger partial charge >= 0.3 is 0 Å². The third-order valence-corrected chi connectivity index (χ3v) is 4.56. The van der Waals surface area contributed by atoms with Crippen LogP contribution in [0.1, 0.15) is 5.56 Å². The topological polar surface area (TPSA) is 88.2 Å². The minimum Gasteiger partial charge on any atom is -0.326 e. The maximum absolute atomic E-state index is 12.3. The molecule has 1 amide bonds. The molecule has 108 valence electrons. The van der Waals surface area contributed by atoms with E-state index in [2.05, 4.69) is 15.0 Å². The van der Waals surface area contributed by atoms with Crippen molar-refractivity contribution in [2.45, 2.75) is 11.3 Å². The van der Waals surface area contributed by atoms with E-state index in [1.807, 2.05) is 0 Å². The van der Waals surface area contributed by atoms with Crippen LogP contribution in [0.15, 0.2) is 41.4 Å². The van der Waals surface area contributed by atoms with Crippen molar-refractivity contribution in [1.82, 2.24) is 4.98 Å². The number of rotatable bonds is 3. The van der Waals surface area contributed by atoms with Crippen LogP contribution in [0.5, 0.6) is 0 Å². The van der Waals surface area contributed by atoms with Gasteiger partial charge in [-0.2, -0.15) is 0 Å². The normalized spacial score (nSPS) is 13.7. The Morgan fingerprint density at radius 2 is 2.05 bits per heavy atom. The number of nitrogens with zero attached hydrogens (tertiary/aromatic N) is 1. The molecule has 2 heterocycles. The first-order valence-corrected chi connectivity index (χ1v) is 7.87. The molecular formula is C13H10ClN3O3S. The van der Waals surface area contributed by atoms with Crippen LogP contribution in [0.4, 0.5) is 11.5 Å². The summed E-state index contributed by atoms with van der Waals surface area (Å²) in [6, 6.07) is 7.43. The maximum Gasteiger partial charge on any atom is 0.263 e. The van der Waals surface area contributed by atoms with Gasteiger partial charge in [0, 0.05) is 23.0 Å². The number of hydrogen-bond donors (Lipinski definition) is 2. The molecule has 1 aliphatic heterocycles. The fourth-order valence-electron chi connectivity index (χ4n) is 2.03. The number of halogens is 1. The zero-order valence-corrected chi connectivity index (χ0v) is 12.2. The molecule has 1 aliphatic rings. The summed E-state index contributed by atoms with van der Waals surface area (Å²) in [5.74, 6) is -0.0128. The quantitative estimate of drug-likeness (QED) is 0.904. The summed E-state index contributed by atoms with van der Waals surface area (Å²) in [5, 5.41) is 3.03. The molecule has 1 aromatic carbocycles. The Balaban J connectivity index is 1.92. The molecule has 0 radical (unpaired) electrons. The van der Waals surface area contributed by atoms with Gasteiger partial charge < -0.3 is 5.32 Å². The lowest BCUT2D eigenvalue weighted by atomic mass is 10.2. The SMILES string of the molecule is O=C1Cc2cc(S(=O)(=O)Nc3cc(Cl)ccn3)ccc2N1. The van der Waals surface area contributed by atoms with E-state index in [1.165, 1.54) is 24.4 Å². The van der Waals surface area contributed by atoms with Crippen molar-refractivity contribution in [3.63, 3.8) is 0 Å². The summed E-state index contributed by atoms with van der Waals surface area (Å²) in [6.45, 7) is 0. The number of fused-ring (bicyclic) bond motifs is 1. The Labute approximate surface area is 126 Å². The zero-order chi connectivity index (χ0) is 15.0. The first kappa shape index (κ1) is 13.8. The van der Waals surface area contributed by atoms with Crippen LogP contribution in [0, 0.1) is 0 Å². The first-order chi connectivity index (χ1) is 9.94. The molecule has 0 saturated carbocycles. The Morgan fingerprint density at radius 1 is 1.24 bits per heavy atom. The Hall–Kier alpha value is -2.12. The number of aromatic nitrogens is 1. The summed E-state index contributed by atoms with van der Waals surface area (Å²) in [7, 11) is -3.78. The van der Waals surface area contributed by atoms with E-state index in [-0.39, 0.29) is 23.0 Å². The summed E-state index contributed by atoms with van der Waals surface area (Å²) in [4.78, 5) is 15.3. The average molecular weight is 324 g/mol. The smallest absolute Gasteiger partial charge is 0.263 e. The van der Waals surface area contributed by atoms with E-state index >= 15 is 0 Å². The Bertz CT molecular complexity index is 836. The van der Waals surface area contributed by atoms with E-state index < -0.39 is 10.0 Å². The molecule has 0 aliphatic carbocycles. The van der Waals surface area contributed by atoms with Gasteiger partial charge in [-0.05, 0) is 29.8 Å². The summed E-state index contributed by atoms with van der Waals surface area (Å²) >= 11 is 5.79. The minimum absolute atomic E-state index is 0.0690. The van der Waals surface area contributed by atoms with Crippen LogP contribution in [0.2, 0.25) is 5.02 Å². The fraction of sp³-hybridized carbons (Fsp3) is 0.0769. The molecule has 0 saturated heterocycles. The third-order valence-electron chi connectivity index (χ3n) is 2.97. The summed E-state index contributed by atoms with van der Waals surface area (Å²) in [6.07, 6.45) is 1.58. The van der Waals surface area contributed by atoms with Crippen molar-refractivity contribution in [3.8, 4) is 0 Å². The molecule has 2 N–H and O–H groups in total. The number of nitrogens with one attached hydrogen (secondary N) is 2. The van der Waals surface area contributed by atoms with Crippen LogP contribution < -0.4 is 10.0 Å². The molecule has 0 bridgehead atoms. The molecule has 0 spiro atoms. The Kier molecular flexibility index (Phi) is 3.30. The van der Waals surface area contributed by atoms with E-state index in [1.54, 1.807) is 12.1 Å². The third kappa shape index (κ3) is 2.84. The van der Waals surface area contributed by atoms with Crippen molar-refractivity contribution < 1.29 is 13.2 Å². The molecule has 21 heavy (non-hydrogen) atoms. The van der Waals surface area contributed by atoms with E-state index in [4.69, 9.17) is 11.6 Å². The number of amides is 1. The molecule has 6 nitrogen and oxygen atoms in total. The zero-order valence-electron chi connectivity index (χ0n) is 10.6. The second-order valence-electron chi connectivity index (χ2n) is 4.51. The molecule has 1 aromatic heterocycles. The van der Waals surface area contributed by atoms with Gasteiger partial charge in [-0.15, -0.1) is 0 Å². The highest BCUT2D eigenvalue weighted by molar-refractivity contribution is 7.92. The molecule has 0 atom stereocenters. The molecule has 2 aromatic rings. The van der Waals surface area contributed by atoms with Crippen molar-refractivity contribution in [2.75, 3.05) is 10.0 Å². The molecule has 3 rings (SSSR count). The number of sulfonamides is 1. The average Bonchev–Trinajstić information content (AvgIpc) is 2.77. The van der Waals surface area contributed by atoms with Crippen molar-refractivity contribution >= 4 is 39.0 Å². The number of carbonyl (C=O) groups excluding carboxylic acids is 1. The molecule has 0 fully saturated rings. The van der Waals surface area contributed by atoms with Crippen LogP contribution >= 0.6 is 11.6 Å². The highest BCUT2D eigenvalue weighted by Crippen LogP contribution is 2.26. The van der Waals surface area contributed by atoms with E-state index in [9.17, 15) is 13.2 Å². The van der Waals surface area contributed by atoms with Crippen molar-refractivity contribution in [1.29, 1.82) is 0 Å². The molecular weight excluding hydrogens is 314 g/mol. The highest BCUT2D eigenvalue weighted by atomic mass is 35.5. The monoisotopic (exact) mass is 323 g/mol. The lowest BCUT2D eigenvalue weighted by Crippen LogP contribution is -2.14. The van der Waals surface area contributed by atoms with Gasteiger partial charge in [0.05, 0.1) is 11.3 Å². The first-order valence-electron chi connectivity index (χ1n) is 6.01. The van der Waals surface area contributed by atoms with Crippen LogP contribution in [0.3, 0.4) is 0 Å². The second-order valence-corrected chi connectivity index (χ2v) is 6.63. The number of hydrogen-bond acceptors (Lipinski definition) is 4. The van der Waals surface area contributed by atoms with Crippen LogP contribution in [-0.2, 0) is 21.2 Å². The standard InChI is InChI=1S/C13H10ClN3O3S/c14-9-3-4-15-12(7-9)17-21(19,20)10-1-2-11-8(5-10)6-13(18)16-11/h1-5,7H,6H2,(H,15,17)(H,16,18). The van der Waals surface area contributed by atoms with Gasteiger partial charge in [-0.1, -0.05) is 11.6 Å². The van der Waals surface area contributed by atoms with Gasteiger partial charge in [0.25, 0.3) is 10.0 Å². The van der Waals surface area contributed by atoms with Crippen molar-refractivity contribution in [2.24, 2.45) is 0 Å². The van der Waals surface area contributed by atoms with Gasteiger partial charge in [0.2, 0.25) is 5.91 Å². The largest absolute Gasteiger partial charge is 0.326 e. The lowest BCUT2D eigenvalue weighted by molar-refractivity contribution is -0.115. The van der Waals surface area contributed by atoms with Gasteiger partial charge in [0.1, 0.15) is 5.82 Å². The summed E-state index contributed by atoms with van der Waals surface area (Å²) in [5.41, 5.74) is 1.29. The maximum atomic E-state index is 12.3. The predicted octanol–water partition coefficient (Wildman–Crippen LogP) is 2.03. The van der Waals surface area contributed by atoms with Gasteiger partial charge in [-0.3, -0.25) is 9.52 Å². The van der Waals surface area contributed by atoms with Gasteiger partial charge in [0.15, 0.2) is 0 Å². The van der Waals surface area contributed by atoms with Crippen LogP contribution in [0.25, 0.3) is 0 Å². The number of anilines is 2. The van der Waals surface area contributed by atoms with E-state index in [0.717, 1.165) is 0 Å². The number of benzene rings is 1. The van der Waals surface area contributed by atoms with Crippen molar-refractivity contribution in [3.05, 3.63) is 47.1 Å². The summed E-state index contributed by atoms with van der Waals surface area (Å²) < 4.78 is 26.9. The fourth-order valence-corrected chi connectivity index (χ4v) is 3.24. The van der Waals surface area contributed by atoms with E-state index in [0.29, 0.717) is 16.3 Å². The highest BCUT2D eigenvalue weighted by Gasteiger charge is 2.22. The van der Waals surface area contributed by atoms with Gasteiger partial charge in [-0.25, -0.2) is 13.4 Å². The minimum atomic E-state index is -3.78. The number of carbonyl (C=O) groups is 1. The second kappa shape index (κ2) is 5.01. The Morgan fingerprint density at radius 3 is 2.81 bits per heavy atom. The molecule has 0 unspecified atom stereocenters. The molecule has 8 heteroatoms. The lowest BCUT2D eigenvalue weighted by Gasteiger charge is -2.08.